The Kier molecular flexibility index (Phi) is 5.24. The number of hydrogen-bond acceptors (Lipinski definition) is 2. The quantitative estimate of drug-likeness (QED) is 0.704. The summed E-state index contributed by atoms with van der Waals surface area (Å²) in [7, 11) is 0. The zero-order valence-electron chi connectivity index (χ0n) is 15.2. The van der Waals surface area contributed by atoms with E-state index in [0.717, 1.165) is 11.5 Å². The molecule has 126 valence electrons. The minimum atomic E-state index is -0.189. The molecule has 0 aromatic heterocycles. The van der Waals surface area contributed by atoms with Crippen LogP contribution < -0.4 is 9.47 Å². The predicted octanol–water partition coefficient (Wildman–Crippen LogP) is 5.20. The fraction of sp³-hybridized carbons (Fsp3) is 0.364. The van der Waals surface area contributed by atoms with Gasteiger partial charge < -0.3 is 9.47 Å². The van der Waals surface area contributed by atoms with E-state index in [4.69, 9.17) is 15.9 Å². The van der Waals surface area contributed by atoms with E-state index < -0.39 is 0 Å². The van der Waals surface area contributed by atoms with Crippen LogP contribution in [-0.2, 0) is 5.41 Å². The number of hydrogen-bond donors (Lipinski definition) is 0. The van der Waals surface area contributed by atoms with Gasteiger partial charge >= 0.3 is 0 Å². The van der Waals surface area contributed by atoms with Crippen molar-refractivity contribution in [3.8, 4) is 23.8 Å². The van der Waals surface area contributed by atoms with Crippen molar-refractivity contribution >= 4 is 0 Å². The lowest BCUT2D eigenvalue weighted by Crippen LogP contribution is -2.23. The maximum atomic E-state index is 5.90. The molecule has 0 aliphatic rings. The lowest BCUT2D eigenvalue weighted by Gasteiger charge is -2.27. The highest BCUT2D eigenvalue weighted by atomic mass is 16.5. The predicted molar refractivity (Wildman–Crippen MR) is 99.7 cm³/mol. The van der Waals surface area contributed by atoms with Crippen LogP contribution in [0.5, 0.6) is 11.5 Å². The Balaban J connectivity index is 2.18. The molecule has 0 amide bonds. The normalized spacial score (nSPS) is 11.7. The van der Waals surface area contributed by atoms with Crippen LogP contribution in [0.15, 0.2) is 48.5 Å². The van der Waals surface area contributed by atoms with Gasteiger partial charge in [0.05, 0.1) is 0 Å². The molecule has 0 bridgehead atoms. The van der Waals surface area contributed by atoms with Crippen LogP contribution in [0.3, 0.4) is 0 Å². The standard InChI is InChI=1S/C22H26O2/c1-7-16-23-19-12-8-17(9-13-19)22(5,6)18-10-14-20(15-11-18)24-21(2,3)4/h1,8-15H,16H2,2-6H3. The first-order chi connectivity index (χ1) is 11.2. The Morgan fingerprint density at radius 3 is 1.67 bits per heavy atom. The van der Waals surface area contributed by atoms with Gasteiger partial charge in [-0.1, -0.05) is 44.0 Å². The van der Waals surface area contributed by atoms with Crippen molar-refractivity contribution in [2.45, 2.75) is 45.6 Å². The van der Waals surface area contributed by atoms with Gasteiger partial charge in [-0.3, -0.25) is 0 Å². The molecule has 2 aromatic carbocycles. The lowest BCUT2D eigenvalue weighted by molar-refractivity contribution is 0.131. The molecule has 24 heavy (non-hydrogen) atoms. The molecule has 0 saturated carbocycles. The molecule has 2 aromatic rings. The molecule has 0 saturated heterocycles. The third kappa shape index (κ3) is 4.55. The largest absolute Gasteiger partial charge is 0.488 e. The van der Waals surface area contributed by atoms with Crippen molar-refractivity contribution in [2.24, 2.45) is 0 Å². The van der Waals surface area contributed by atoms with Crippen LogP contribution in [-0.4, -0.2) is 12.2 Å². The van der Waals surface area contributed by atoms with Crippen LogP contribution in [0.4, 0.5) is 0 Å². The van der Waals surface area contributed by atoms with E-state index in [1.54, 1.807) is 0 Å². The highest BCUT2D eigenvalue weighted by Crippen LogP contribution is 2.33. The Morgan fingerprint density at radius 2 is 1.25 bits per heavy atom. The lowest BCUT2D eigenvalue weighted by atomic mass is 9.78. The molecular weight excluding hydrogens is 296 g/mol. The van der Waals surface area contributed by atoms with Crippen molar-refractivity contribution in [1.82, 2.24) is 0 Å². The molecule has 2 heteroatoms. The summed E-state index contributed by atoms with van der Waals surface area (Å²) in [6, 6.07) is 16.4. The summed E-state index contributed by atoms with van der Waals surface area (Å²) >= 11 is 0. The van der Waals surface area contributed by atoms with Crippen molar-refractivity contribution in [3.63, 3.8) is 0 Å². The fourth-order valence-electron chi connectivity index (χ4n) is 2.55. The van der Waals surface area contributed by atoms with E-state index in [1.807, 2.05) is 24.3 Å². The van der Waals surface area contributed by atoms with Gasteiger partial charge in [-0.2, -0.15) is 0 Å². The Bertz CT molecular complexity index is 696. The molecule has 0 atom stereocenters. The van der Waals surface area contributed by atoms with Crippen LogP contribution in [0.25, 0.3) is 0 Å². The van der Waals surface area contributed by atoms with Crippen molar-refractivity contribution in [2.75, 3.05) is 6.61 Å². The molecule has 0 radical (unpaired) electrons. The zero-order chi connectivity index (χ0) is 17.8. The second-order valence-electron chi connectivity index (χ2n) is 7.38. The summed E-state index contributed by atoms with van der Waals surface area (Å²) in [4.78, 5) is 0. The average molecular weight is 322 g/mol. The topological polar surface area (TPSA) is 18.5 Å². The SMILES string of the molecule is C#CCOc1ccc(C(C)(C)c2ccc(OC(C)(C)C)cc2)cc1. The van der Waals surface area contributed by atoms with Crippen molar-refractivity contribution in [3.05, 3.63) is 59.7 Å². The summed E-state index contributed by atoms with van der Waals surface area (Å²) in [6.45, 7) is 10.9. The zero-order valence-corrected chi connectivity index (χ0v) is 15.2. The highest BCUT2D eigenvalue weighted by Gasteiger charge is 2.23. The van der Waals surface area contributed by atoms with Crippen molar-refractivity contribution < 1.29 is 9.47 Å². The van der Waals surface area contributed by atoms with Gasteiger partial charge in [-0.15, -0.1) is 6.42 Å². The van der Waals surface area contributed by atoms with E-state index in [-0.39, 0.29) is 17.6 Å². The van der Waals surface area contributed by atoms with E-state index in [9.17, 15) is 0 Å². The molecule has 0 heterocycles. The molecule has 0 aliphatic carbocycles. The maximum absolute atomic E-state index is 5.90. The third-order valence-corrected chi connectivity index (χ3v) is 3.90. The Labute approximate surface area is 145 Å². The minimum absolute atomic E-state index is 0.106. The van der Waals surface area contributed by atoms with Gasteiger partial charge in [0.15, 0.2) is 0 Å². The van der Waals surface area contributed by atoms with Crippen molar-refractivity contribution in [1.29, 1.82) is 0 Å². The first-order valence-corrected chi connectivity index (χ1v) is 8.19. The summed E-state index contributed by atoms with van der Waals surface area (Å²) < 4.78 is 11.3. The summed E-state index contributed by atoms with van der Waals surface area (Å²) in [6.07, 6.45) is 5.22. The van der Waals surface area contributed by atoms with Gasteiger partial charge in [0.2, 0.25) is 0 Å². The van der Waals surface area contributed by atoms with Gasteiger partial charge in [0.1, 0.15) is 23.7 Å². The highest BCUT2D eigenvalue weighted by molar-refractivity contribution is 5.42. The summed E-state index contributed by atoms with van der Waals surface area (Å²) in [5.74, 6) is 4.16. The van der Waals surface area contributed by atoms with E-state index in [1.165, 1.54) is 11.1 Å². The van der Waals surface area contributed by atoms with E-state index in [2.05, 4.69) is 64.8 Å². The maximum Gasteiger partial charge on any atom is 0.148 e. The first-order valence-electron chi connectivity index (χ1n) is 8.19. The van der Waals surface area contributed by atoms with Gasteiger partial charge in [-0.05, 0) is 56.2 Å². The second kappa shape index (κ2) is 7.01. The molecule has 2 rings (SSSR count). The first kappa shape index (κ1) is 17.9. The Hall–Kier alpha value is -2.40. The minimum Gasteiger partial charge on any atom is -0.488 e. The van der Waals surface area contributed by atoms with Crippen LogP contribution >= 0.6 is 0 Å². The molecule has 0 unspecified atom stereocenters. The average Bonchev–Trinajstić information content (AvgIpc) is 2.52. The molecule has 0 fully saturated rings. The summed E-state index contributed by atoms with van der Waals surface area (Å²) in [5.41, 5.74) is 2.16. The summed E-state index contributed by atoms with van der Waals surface area (Å²) in [5, 5.41) is 0. The van der Waals surface area contributed by atoms with Gasteiger partial charge in [0, 0.05) is 5.41 Å². The number of terminal acetylenes is 1. The Morgan fingerprint density at radius 1 is 0.792 bits per heavy atom. The fourth-order valence-corrected chi connectivity index (χ4v) is 2.55. The molecule has 2 nitrogen and oxygen atoms in total. The van der Waals surface area contributed by atoms with E-state index in [0.29, 0.717) is 0 Å². The van der Waals surface area contributed by atoms with E-state index >= 15 is 0 Å². The molecule has 0 spiro atoms. The van der Waals surface area contributed by atoms with Crippen LogP contribution in [0.1, 0.15) is 45.7 Å². The second-order valence-corrected chi connectivity index (χ2v) is 7.38. The van der Waals surface area contributed by atoms with Crippen LogP contribution in [0, 0.1) is 12.3 Å². The smallest absolute Gasteiger partial charge is 0.148 e. The van der Waals surface area contributed by atoms with Gasteiger partial charge in [-0.25, -0.2) is 0 Å². The molecule has 0 aliphatic heterocycles. The van der Waals surface area contributed by atoms with Crippen LogP contribution in [0.2, 0.25) is 0 Å². The number of ether oxygens (including phenoxy) is 2. The third-order valence-electron chi connectivity index (χ3n) is 3.90. The van der Waals surface area contributed by atoms with Gasteiger partial charge in [0.25, 0.3) is 0 Å². The molecule has 0 N–H and O–H groups in total. The molecular formula is C22H26O2. The number of benzene rings is 2. The number of rotatable bonds is 5. The monoisotopic (exact) mass is 322 g/mol.